The predicted molar refractivity (Wildman–Crippen MR) is 100 cm³/mol. The highest BCUT2D eigenvalue weighted by Gasteiger charge is 2.17. The highest BCUT2D eigenvalue weighted by Crippen LogP contribution is 2.30. The maximum Gasteiger partial charge on any atom is 0.348 e. The molecule has 1 aromatic carbocycles. The number of hydrogen-bond donors (Lipinski definition) is 0. The van der Waals surface area contributed by atoms with Crippen LogP contribution in [0, 0.1) is 18.3 Å². The van der Waals surface area contributed by atoms with Gasteiger partial charge in [-0.25, -0.2) is 9.78 Å². The van der Waals surface area contributed by atoms with E-state index in [0.717, 1.165) is 16.5 Å². The maximum atomic E-state index is 12.4. The van der Waals surface area contributed by atoms with Crippen LogP contribution in [0.15, 0.2) is 42.6 Å². The molecule has 3 aromatic rings. The lowest BCUT2D eigenvalue weighted by molar-refractivity contribution is 0.0605. The molecule has 26 heavy (non-hydrogen) atoms. The number of esters is 1. The largest absolute Gasteiger partial charge is 0.465 e. The molecule has 0 N–H and O–H groups in total. The average Bonchev–Trinajstić information content (AvgIpc) is 3.01. The number of benzene rings is 1. The number of nitrogens with zero attached hydrogens (tertiary/aromatic N) is 2. The van der Waals surface area contributed by atoms with Gasteiger partial charge in [-0.15, -0.1) is 11.3 Å². The molecule has 0 saturated carbocycles. The summed E-state index contributed by atoms with van der Waals surface area (Å²) in [6.45, 7) is 1.81. The second-order valence-corrected chi connectivity index (χ2v) is 6.56. The lowest BCUT2D eigenvalue weighted by Gasteiger charge is -1.98. The number of pyridine rings is 1. The van der Waals surface area contributed by atoms with E-state index in [0.29, 0.717) is 20.8 Å². The molecule has 2 aromatic heterocycles. The van der Waals surface area contributed by atoms with Gasteiger partial charge in [-0.05, 0) is 42.3 Å². The number of methoxy groups -OCH3 is 1. The molecule has 0 aliphatic rings. The lowest BCUT2D eigenvalue weighted by Crippen LogP contribution is -1.99. The van der Waals surface area contributed by atoms with Gasteiger partial charge in [0.2, 0.25) is 0 Å². The summed E-state index contributed by atoms with van der Waals surface area (Å²) in [5.74, 6) is -0.609. The number of hydrogen-bond acceptors (Lipinski definition) is 6. The molecule has 6 heteroatoms. The van der Waals surface area contributed by atoms with Crippen LogP contribution in [-0.2, 0) is 4.74 Å². The number of rotatable bonds is 4. The van der Waals surface area contributed by atoms with Crippen LogP contribution in [0.2, 0.25) is 0 Å². The minimum Gasteiger partial charge on any atom is -0.465 e. The van der Waals surface area contributed by atoms with Gasteiger partial charge in [-0.3, -0.25) is 4.79 Å². The summed E-state index contributed by atoms with van der Waals surface area (Å²) in [5, 5.41) is 9.69. The lowest BCUT2D eigenvalue weighted by atomic mass is 10.1. The van der Waals surface area contributed by atoms with Crippen molar-refractivity contribution in [2.24, 2.45) is 0 Å². The fourth-order valence-electron chi connectivity index (χ4n) is 2.50. The normalized spacial score (nSPS) is 10.8. The fourth-order valence-corrected chi connectivity index (χ4v) is 3.55. The number of carbonyl (C=O) groups is 2. The van der Waals surface area contributed by atoms with Gasteiger partial charge in [0.15, 0.2) is 5.78 Å². The number of carbonyl (C=O) groups excluding carboxylic acids is 2. The van der Waals surface area contributed by atoms with Crippen molar-refractivity contribution < 1.29 is 14.3 Å². The summed E-state index contributed by atoms with van der Waals surface area (Å²) in [6.07, 6.45) is 4.60. The molecule has 128 valence electrons. The van der Waals surface area contributed by atoms with E-state index in [9.17, 15) is 9.59 Å². The zero-order valence-corrected chi connectivity index (χ0v) is 15.0. The first-order chi connectivity index (χ1) is 12.5. The third-order valence-corrected chi connectivity index (χ3v) is 5.09. The van der Waals surface area contributed by atoms with E-state index >= 15 is 0 Å². The van der Waals surface area contributed by atoms with Crippen LogP contribution in [0.25, 0.3) is 16.3 Å². The van der Waals surface area contributed by atoms with Gasteiger partial charge >= 0.3 is 5.97 Å². The summed E-state index contributed by atoms with van der Waals surface area (Å²) in [5.41, 5.74) is 2.49. The molecule has 0 atom stereocenters. The number of aryl methyl sites for hydroxylation is 1. The number of fused-ring (bicyclic) bond motifs is 1. The van der Waals surface area contributed by atoms with Crippen molar-refractivity contribution in [3.63, 3.8) is 0 Å². The number of ether oxygens (including phenoxy) is 1. The maximum absolute atomic E-state index is 12.4. The summed E-state index contributed by atoms with van der Waals surface area (Å²) < 4.78 is 4.77. The van der Waals surface area contributed by atoms with Crippen molar-refractivity contribution in [2.75, 3.05) is 7.11 Å². The second kappa shape index (κ2) is 7.30. The van der Waals surface area contributed by atoms with Crippen molar-refractivity contribution >= 4 is 39.4 Å². The third kappa shape index (κ3) is 3.39. The van der Waals surface area contributed by atoms with Crippen LogP contribution in [-0.4, -0.2) is 23.8 Å². The summed E-state index contributed by atoms with van der Waals surface area (Å²) >= 11 is 1.25. The minimum atomic E-state index is -0.407. The van der Waals surface area contributed by atoms with E-state index in [1.165, 1.54) is 30.7 Å². The minimum absolute atomic E-state index is 0.202. The van der Waals surface area contributed by atoms with Crippen molar-refractivity contribution in [2.45, 2.75) is 6.92 Å². The predicted octanol–water partition coefficient (Wildman–Crippen LogP) is 4.16. The van der Waals surface area contributed by atoms with Crippen molar-refractivity contribution in [1.29, 1.82) is 5.26 Å². The number of aromatic nitrogens is 1. The molecule has 0 aliphatic heterocycles. The van der Waals surface area contributed by atoms with E-state index in [-0.39, 0.29) is 5.78 Å². The molecular weight excluding hydrogens is 348 g/mol. The van der Waals surface area contributed by atoms with E-state index in [2.05, 4.69) is 11.1 Å². The van der Waals surface area contributed by atoms with Crippen LogP contribution >= 0.6 is 11.3 Å². The highest BCUT2D eigenvalue weighted by molar-refractivity contribution is 7.20. The van der Waals surface area contributed by atoms with E-state index in [1.807, 2.05) is 13.0 Å². The molecule has 5 nitrogen and oxygen atoms in total. The first kappa shape index (κ1) is 17.5. The Kier molecular flexibility index (Phi) is 4.92. The van der Waals surface area contributed by atoms with Gasteiger partial charge in [0.1, 0.15) is 9.71 Å². The van der Waals surface area contributed by atoms with Crippen LogP contribution in [0.5, 0.6) is 0 Å². The van der Waals surface area contributed by atoms with Crippen LogP contribution < -0.4 is 0 Å². The Hall–Kier alpha value is -3.30. The monoisotopic (exact) mass is 362 g/mol. The number of allylic oxidation sites excluding steroid dienone is 1. The van der Waals surface area contributed by atoms with Gasteiger partial charge in [-0.2, -0.15) is 5.26 Å². The average molecular weight is 362 g/mol. The molecule has 3 rings (SSSR count). The Morgan fingerprint density at radius 1 is 1.31 bits per heavy atom. The molecule has 0 bridgehead atoms. The molecule has 0 radical (unpaired) electrons. The fraction of sp³-hybridized carbons (Fsp3) is 0.100. The molecule has 0 unspecified atom stereocenters. The summed E-state index contributed by atoms with van der Waals surface area (Å²) in [7, 11) is 1.33. The topological polar surface area (TPSA) is 80.0 Å². The Bertz CT molecular complexity index is 1090. The molecule has 0 spiro atoms. The Labute approximate surface area is 154 Å². The van der Waals surface area contributed by atoms with Crippen LogP contribution in [0.3, 0.4) is 0 Å². The summed E-state index contributed by atoms with van der Waals surface area (Å²) in [6, 6.07) is 10.8. The highest BCUT2D eigenvalue weighted by atomic mass is 32.1. The van der Waals surface area contributed by atoms with Crippen molar-refractivity contribution in [3.05, 3.63) is 69.7 Å². The molecule has 0 amide bonds. The number of nitriles is 1. The third-order valence-electron chi connectivity index (χ3n) is 3.89. The Morgan fingerprint density at radius 3 is 2.85 bits per heavy atom. The zero-order chi connectivity index (χ0) is 18.7. The quantitative estimate of drug-likeness (QED) is 0.395. The van der Waals surface area contributed by atoms with E-state index < -0.39 is 5.97 Å². The first-order valence-electron chi connectivity index (χ1n) is 7.73. The van der Waals surface area contributed by atoms with Gasteiger partial charge in [0.05, 0.1) is 18.7 Å². The zero-order valence-electron chi connectivity index (χ0n) is 14.1. The molecular formula is C20H14N2O3S. The van der Waals surface area contributed by atoms with Gasteiger partial charge in [-0.1, -0.05) is 18.2 Å². The van der Waals surface area contributed by atoms with Gasteiger partial charge < -0.3 is 4.74 Å². The van der Waals surface area contributed by atoms with E-state index in [4.69, 9.17) is 10.00 Å². The standard InChI is InChI=1S/C20H14N2O3S/c1-12-16-9-15(11-22-19(16)26-18(12)20(24)25-2)17(23)7-6-13-4-3-5-14(8-13)10-21/h3-9,11H,1-2H3. The number of ketones is 1. The second-order valence-electron chi connectivity index (χ2n) is 5.56. The molecule has 0 saturated heterocycles. The Morgan fingerprint density at radius 2 is 2.12 bits per heavy atom. The smallest absolute Gasteiger partial charge is 0.348 e. The molecule has 0 fully saturated rings. The summed E-state index contributed by atoms with van der Waals surface area (Å²) in [4.78, 5) is 29.7. The Balaban J connectivity index is 1.91. The van der Waals surface area contributed by atoms with Crippen molar-refractivity contribution in [3.8, 4) is 6.07 Å². The van der Waals surface area contributed by atoms with Gasteiger partial charge in [0.25, 0.3) is 0 Å². The van der Waals surface area contributed by atoms with E-state index in [1.54, 1.807) is 30.3 Å². The number of thiophene rings is 1. The SMILES string of the molecule is COC(=O)c1sc2ncc(C(=O)C=Cc3cccc(C#N)c3)cc2c1C. The van der Waals surface area contributed by atoms with Gasteiger partial charge in [0, 0.05) is 17.1 Å². The van der Waals surface area contributed by atoms with Crippen LogP contribution in [0.1, 0.15) is 36.7 Å². The van der Waals surface area contributed by atoms with Crippen molar-refractivity contribution in [1.82, 2.24) is 4.98 Å². The molecule has 2 heterocycles. The van der Waals surface area contributed by atoms with Crippen LogP contribution in [0.4, 0.5) is 0 Å². The first-order valence-corrected chi connectivity index (χ1v) is 8.55. The molecule has 0 aliphatic carbocycles.